The molecule has 15 heavy (non-hydrogen) atoms. The minimum atomic E-state index is -0.393. The van der Waals surface area contributed by atoms with Crippen molar-refractivity contribution in [3.8, 4) is 0 Å². The molecule has 0 aliphatic heterocycles. The van der Waals surface area contributed by atoms with Gasteiger partial charge in [-0.25, -0.2) is 9.78 Å². The summed E-state index contributed by atoms with van der Waals surface area (Å²) in [5.41, 5.74) is 0.400. The van der Waals surface area contributed by atoms with Crippen molar-refractivity contribution in [2.75, 3.05) is 20.3 Å². The van der Waals surface area contributed by atoms with Gasteiger partial charge < -0.3 is 9.47 Å². The average Bonchev–Trinajstić information content (AvgIpc) is 2.25. The van der Waals surface area contributed by atoms with Gasteiger partial charge in [0.05, 0.1) is 12.2 Å². The molecule has 1 heterocycles. The van der Waals surface area contributed by atoms with Crippen LogP contribution in [0.15, 0.2) is 18.3 Å². The number of hydrogen-bond donors (Lipinski definition) is 0. The van der Waals surface area contributed by atoms with Crippen molar-refractivity contribution in [2.24, 2.45) is 0 Å². The van der Waals surface area contributed by atoms with Gasteiger partial charge in [-0.15, -0.1) is 0 Å². The number of carbonyl (C=O) groups excluding carboxylic acids is 1. The fraction of sp³-hybridized carbons (Fsp3) is 0.400. The fourth-order valence-corrected chi connectivity index (χ4v) is 1.06. The molecule has 0 saturated carbocycles. The summed E-state index contributed by atoms with van der Waals surface area (Å²) in [6, 6.07) is 3.13. The van der Waals surface area contributed by atoms with Crippen LogP contribution in [0.4, 0.5) is 0 Å². The zero-order chi connectivity index (χ0) is 11.1. The number of aromatic nitrogens is 1. The Bertz CT molecular complexity index is 313. The van der Waals surface area contributed by atoms with Gasteiger partial charge >= 0.3 is 5.97 Å². The van der Waals surface area contributed by atoms with Gasteiger partial charge in [-0.05, 0) is 12.1 Å². The van der Waals surface area contributed by atoms with E-state index in [0.717, 1.165) is 0 Å². The summed E-state index contributed by atoms with van der Waals surface area (Å²) in [5.74, 6) is -0.393. The molecule has 0 aromatic carbocycles. The third-order valence-corrected chi connectivity index (χ3v) is 1.91. The number of esters is 1. The number of pyridine rings is 1. The first kappa shape index (κ1) is 11.9. The Labute approximate surface area is 93.2 Å². The zero-order valence-electron chi connectivity index (χ0n) is 8.40. The molecule has 4 nitrogen and oxygen atoms in total. The summed E-state index contributed by atoms with van der Waals surface area (Å²) in [6.45, 7) is 0.918. The number of halogens is 1. The largest absolute Gasteiger partial charge is 0.462 e. The average molecular weight is 230 g/mol. The Morgan fingerprint density at radius 1 is 1.47 bits per heavy atom. The molecule has 0 amide bonds. The highest BCUT2D eigenvalue weighted by Crippen LogP contribution is 2.06. The summed E-state index contributed by atoms with van der Waals surface area (Å²) in [5, 5.41) is 0.353. The smallest absolute Gasteiger partial charge is 0.339 e. The minimum Gasteiger partial charge on any atom is -0.462 e. The highest BCUT2D eigenvalue weighted by Gasteiger charge is 2.06. The summed E-state index contributed by atoms with van der Waals surface area (Å²) < 4.78 is 9.79. The zero-order valence-corrected chi connectivity index (χ0v) is 9.16. The van der Waals surface area contributed by atoms with Crippen molar-refractivity contribution < 1.29 is 14.3 Å². The highest BCUT2D eigenvalue weighted by molar-refractivity contribution is 6.29. The SMILES string of the molecule is COCCCOC(=O)c1ccc(Cl)nc1. The Kier molecular flexibility index (Phi) is 5.07. The quantitative estimate of drug-likeness (QED) is 0.440. The van der Waals surface area contributed by atoms with Crippen molar-refractivity contribution in [2.45, 2.75) is 6.42 Å². The first-order valence-electron chi connectivity index (χ1n) is 4.51. The summed E-state index contributed by atoms with van der Waals surface area (Å²) >= 11 is 5.58. The van der Waals surface area contributed by atoms with Crippen molar-refractivity contribution in [3.63, 3.8) is 0 Å². The van der Waals surface area contributed by atoms with Crippen LogP contribution in [0.3, 0.4) is 0 Å². The fourth-order valence-electron chi connectivity index (χ4n) is 0.948. The molecule has 82 valence electrons. The first-order chi connectivity index (χ1) is 7.24. The van der Waals surface area contributed by atoms with Gasteiger partial charge in [0.25, 0.3) is 0 Å². The van der Waals surface area contributed by atoms with Gasteiger partial charge in [0.2, 0.25) is 0 Å². The number of carbonyl (C=O) groups is 1. The molecular formula is C10H12ClNO3. The lowest BCUT2D eigenvalue weighted by Crippen LogP contribution is -2.08. The Hall–Kier alpha value is -1.13. The Morgan fingerprint density at radius 2 is 2.27 bits per heavy atom. The van der Waals surface area contributed by atoms with Crippen LogP contribution < -0.4 is 0 Å². The highest BCUT2D eigenvalue weighted by atomic mass is 35.5. The van der Waals surface area contributed by atoms with Gasteiger partial charge in [0.15, 0.2) is 0 Å². The van der Waals surface area contributed by atoms with Gasteiger partial charge in [-0.1, -0.05) is 11.6 Å². The molecule has 0 radical (unpaired) electrons. The summed E-state index contributed by atoms with van der Waals surface area (Å²) in [7, 11) is 1.60. The minimum absolute atomic E-state index is 0.343. The molecule has 0 unspecified atom stereocenters. The van der Waals surface area contributed by atoms with Crippen LogP contribution in [0.2, 0.25) is 5.15 Å². The van der Waals surface area contributed by atoms with E-state index in [1.807, 2.05) is 0 Å². The van der Waals surface area contributed by atoms with Gasteiger partial charge in [0, 0.05) is 26.3 Å². The van der Waals surface area contributed by atoms with Crippen LogP contribution in [0.25, 0.3) is 0 Å². The van der Waals surface area contributed by atoms with Crippen molar-refractivity contribution in [3.05, 3.63) is 29.0 Å². The molecule has 1 rings (SSSR count). The third-order valence-electron chi connectivity index (χ3n) is 1.69. The molecule has 0 spiro atoms. The molecule has 0 fully saturated rings. The van der Waals surface area contributed by atoms with E-state index in [0.29, 0.717) is 30.4 Å². The molecule has 1 aromatic heterocycles. The van der Waals surface area contributed by atoms with Crippen molar-refractivity contribution in [1.82, 2.24) is 4.98 Å². The summed E-state index contributed by atoms with van der Waals surface area (Å²) in [6.07, 6.45) is 2.07. The van der Waals surface area contributed by atoms with Crippen LogP contribution in [0.1, 0.15) is 16.8 Å². The van der Waals surface area contributed by atoms with E-state index in [1.165, 1.54) is 6.20 Å². The standard InChI is InChI=1S/C10H12ClNO3/c1-14-5-2-6-15-10(13)8-3-4-9(11)12-7-8/h3-4,7H,2,5-6H2,1H3. The second-order valence-corrected chi connectivity index (χ2v) is 3.24. The van der Waals surface area contributed by atoms with E-state index >= 15 is 0 Å². The van der Waals surface area contributed by atoms with Gasteiger partial charge in [-0.3, -0.25) is 0 Å². The molecule has 0 atom stereocenters. The number of ether oxygens (including phenoxy) is 2. The normalized spacial score (nSPS) is 10.0. The lowest BCUT2D eigenvalue weighted by molar-refractivity contribution is 0.0468. The number of nitrogens with zero attached hydrogens (tertiary/aromatic N) is 1. The van der Waals surface area contributed by atoms with Gasteiger partial charge in [0.1, 0.15) is 5.15 Å². The first-order valence-corrected chi connectivity index (χ1v) is 4.89. The van der Waals surface area contributed by atoms with E-state index in [9.17, 15) is 4.79 Å². The van der Waals surface area contributed by atoms with E-state index in [2.05, 4.69) is 4.98 Å². The van der Waals surface area contributed by atoms with Crippen LogP contribution in [0.5, 0.6) is 0 Å². The second kappa shape index (κ2) is 6.37. The molecule has 0 bridgehead atoms. The number of rotatable bonds is 5. The predicted molar refractivity (Wildman–Crippen MR) is 56.0 cm³/mol. The Balaban J connectivity index is 2.37. The van der Waals surface area contributed by atoms with Crippen LogP contribution in [-0.4, -0.2) is 31.3 Å². The molecule has 0 saturated heterocycles. The van der Waals surface area contributed by atoms with Crippen molar-refractivity contribution >= 4 is 17.6 Å². The monoisotopic (exact) mass is 229 g/mol. The predicted octanol–water partition coefficient (Wildman–Crippen LogP) is 1.93. The maximum absolute atomic E-state index is 11.4. The second-order valence-electron chi connectivity index (χ2n) is 2.85. The van der Waals surface area contributed by atoms with Gasteiger partial charge in [-0.2, -0.15) is 0 Å². The van der Waals surface area contributed by atoms with E-state index in [-0.39, 0.29) is 0 Å². The topological polar surface area (TPSA) is 48.4 Å². The number of methoxy groups -OCH3 is 1. The molecule has 0 N–H and O–H groups in total. The molecule has 1 aromatic rings. The van der Waals surface area contributed by atoms with E-state index < -0.39 is 5.97 Å². The van der Waals surface area contributed by atoms with Crippen LogP contribution >= 0.6 is 11.6 Å². The van der Waals surface area contributed by atoms with E-state index in [4.69, 9.17) is 21.1 Å². The lowest BCUT2D eigenvalue weighted by atomic mass is 10.3. The van der Waals surface area contributed by atoms with Crippen molar-refractivity contribution in [1.29, 1.82) is 0 Å². The van der Waals surface area contributed by atoms with Crippen LogP contribution in [0, 0.1) is 0 Å². The maximum atomic E-state index is 11.4. The van der Waals surface area contributed by atoms with Crippen LogP contribution in [-0.2, 0) is 9.47 Å². The molecule has 5 heteroatoms. The third kappa shape index (κ3) is 4.27. The summed E-state index contributed by atoms with van der Waals surface area (Å²) in [4.78, 5) is 15.2. The Morgan fingerprint density at radius 3 is 2.87 bits per heavy atom. The number of hydrogen-bond acceptors (Lipinski definition) is 4. The molecule has 0 aliphatic rings. The maximum Gasteiger partial charge on any atom is 0.339 e. The lowest BCUT2D eigenvalue weighted by Gasteiger charge is -2.03. The molecule has 0 aliphatic carbocycles. The van der Waals surface area contributed by atoms with E-state index in [1.54, 1.807) is 19.2 Å². The molecular weight excluding hydrogens is 218 g/mol.